The molecule has 0 bridgehead atoms. The maximum absolute atomic E-state index is 13.2. The minimum absolute atomic E-state index is 0.0340. The molecule has 0 amide bonds. The van der Waals surface area contributed by atoms with Crippen LogP contribution in [0.25, 0.3) is 0 Å². The Kier molecular flexibility index (Phi) is 5.57. The lowest BCUT2D eigenvalue weighted by atomic mass is 10.1. The third-order valence-electron chi connectivity index (χ3n) is 4.83. The van der Waals surface area contributed by atoms with E-state index in [0.29, 0.717) is 30.3 Å². The van der Waals surface area contributed by atoms with Gasteiger partial charge in [0.2, 0.25) is 0 Å². The van der Waals surface area contributed by atoms with Crippen LogP contribution in [0.2, 0.25) is 0 Å². The average molecular weight is 397 g/mol. The summed E-state index contributed by atoms with van der Waals surface area (Å²) >= 11 is 1.72. The Morgan fingerprint density at radius 3 is 2.71 bits per heavy atom. The molecule has 28 heavy (non-hydrogen) atoms. The third kappa shape index (κ3) is 4.02. The zero-order valence-corrected chi connectivity index (χ0v) is 17.1. The van der Waals surface area contributed by atoms with Crippen LogP contribution in [0.15, 0.2) is 41.4 Å². The molecule has 0 atom stereocenters. The molecule has 0 fully saturated rings. The molecule has 146 valence electrons. The number of ketones is 1. The molecule has 0 saturated carbocycles. The van der Waals surface area contributed by atoms with E-state index in [1.807, 2.05) is 12.1 Å². The second kappa shape index (κ2) is 8.27. The van der Waals surface area contributed by atoms with Crippen LogP contribution in [-0.2, 0) is 0 Å². The van der Waals surface area contributed by atoms with E-state index in [0.717, 1.165) is 35.1 Å². The summed E-state index contributed by atoms with van der Waals surface area (Å²) in [5.74, 6) is 2.39. The van der Waals surface area contributed by atoms with Crippen LogP contribution in [0.3, 0.4) is 0 Å². The van der Waals surface area contributed by atoms with Crippen LogP contribution in [0.1, 0.15) is 27.9 Å². The molecule has 0 aliphatic carbocycles. The van der Waals surface area contributed by atoms with Crippen molar-refractivity contribution in [2.45, 2.75) is 20.3 Å². The molecule has 0 spiro atoms. The number of thioether (sulfide) groups is 1. The second-order valence-electron chi connectivity index (χ2n) is 7.02. The van der Waals surface area contributed by atoms with Crippen LogP contribution in [0.4, 0.5) is 5.69 Å². The zero-order valence-electron chi connectivity index (χ0n) is 16.2. The summed E-state index contributed by atoms with van der Waals surface area (Å²) in [4.78, 5) is 19.9. The molecule has 2 aliphatic heterocycles. The summed E-state index contributed by atoms with van der Waals surface area (Å²) in [5, 5.41) is 0.922. The highest BCUT2D eigenvalue weighted by molar-refractivity contribution is 8.14. The first-order valence-electron chi connectivity index (χ1n) is 9.57. The summed E-state index contributed by atoms with van der Waals surface area (Å²) in [7, 11) is 0. The van der Waals surface area contributed by atoms with Crippen LogP contribution in [0.5, 0.6) is 11.5 Å². The number of carbonyl (C=O) groups excluding carboxylic acids is 1. The Morgan fingerprint density at radius 2 is 1.93 bits per heavy atom. The van der Waals surface area contributed by atoms with Gasteiger partial charge in [-0.05, 0) is 55.7 Å². The van der Waals surface area contributed by atoms with E-state index in [-0.39, 0.29) is 12.3 Å². The number of aliphatic imine (C=N–C) groups is 1. The summed E-state index contributed by atoms with van der Waals surface area (Å²) in [5.41, 5.74) is 3.97. The fourth-order valence-electron chi connectivity index (χ4n) is 3.33. The smallest absolute Gasteiger partial charge is 0.182 e. The number of nitrogens with zero attached hydrogens (tertiary/aromatic N) is 2. The monoisotopic (exact) mass is 396 g/mol. The highest BCUT2D eigenvalue weighted by Crippen LogP contribution is 2.32. The molecule has 2 heterocycles. The SMILES string of the molecule is Cc1ccc(C)c(N(CC(=O)c2ccc3c(c2)OCCO3)C2=NCCCS2)c1. The summed E-state index contributed by atoms with van der Waals surface area (Å²) in [6.07, 6.45) is 1.07. The molecule has 0 radical (unpaired) electrons. The molecule has 0 N–H and O–H groups in total. The van der Waals surface area contributed by atoms with Crippen molar-refractivity contribution in [1.29, 1.82) is 0 Å². The lowest BCUT2D eigenvalue weighted by molar-refractivity contribution is 0.100. The van der Waals surface area contributed by atoms with Gasteiger partial charge in [0.1, 0.15) is 13.2 Å². The van der Waals surface area contributed by atoms with Gasteiger partial charge >= 0.3 is 0 Å². The zero-order chi connectivity index (χ0) is 19.5. The molecule has 0 aromatic heterocycles. The van der Waals surface area contributed by atoms with Crippen LogP contribution in [0, 0.1) is 13.8 Å². The normalized spacial score (nSPS) is 15.7. The van der Waals surface area contributed by atoms with Crippen molar-refractivity contribution in [3.63, 3.8) is 0 Å². The minimum atomic E-state index is 0.0340. The van der Waals surface area contributed by atoms with Gasteiger partial charge in [-0.25, -0.2) is 0 Å². The molecular formula is C22H24N2O3S. The number of aryl methyl sites for hydroxylation is 2. The molecule has 2 aliphatic rings. The molecule has 2 aromatic rings. The molecule has 6 heteroatoms. The highest BCUT2D eigenvalue weighted by atomic mass is 32.2. The number of fused-ring (bicyclic) bond motifs is 1. The van der Waals surface area contributed by atoms with Crippen molar-refractivity contribution in [2.75, 3.05) is 37.0 Å². The van der Waals surface area contributed by atoms with Gasteiger partial charge in [0.15, 0.2) is 22.4 Å². The van der Waals surface area contributed by atoms with Crippen molar-refractivity contribution in [2.24, 2.45) is 4.99 Å². The van der Waals surface area contributed by atoms with Gasteiger partial charge in [-0.1, -0.05) is 23.9 Å². The Hall–Kier alpha value is -2.47. The quantitative estimate of drug-likeness (QED) is 0.723. The Balaban J connectivity index is 1.64. The number of Topliss-reactive ketones (excluding diaryl/α,β-unsaturated/α-hetero) is 1. The first-order valence-corrected chi connectivity index (χ1v) is 10.6. The number of amidine groups is 1. The lowest BCUT2D eigenvalue weighted by Gasteiger charge is -2.29. The minimum Gasteiger partial charge on any atom is -0.486 e. The largest absolute Gasteiger partial charge is 0.486 e. The van der Waals surface area contributed by atoms with E-state index >= 15 is 0 Å². The number of hydrogen-bond acceptors (Lipinski definition) is 6. The summed E-state index contributed by atoms with van der Waals surface area (Å²) in [6.45, 7) is 6.24. The summed E-state index contributed by atoms with van der Waals surface area (Å²) < 4.78 is 11.2. The number of anilines is 1. The van der Waals surface area contributed by atoms with E-state index < -0.39 is 0 Å². The predicted molar refractivity (Wildman–Crippen MR) is 114 cm³/mol. The maximum Gasteiger partial charge on any atom is 0.182 e. The van der Waals surface area contributed by atoms with E-state index in [2.05, 4.69) is 36.9 Å². The van der Waals surface area contributed by atoms with Gasteiger partial charge in [0, 0.05) is 23.5 Å². The Labute approximate surface area is 169 Å². The highest BCUT2D eigenvalue weighted by Gasteiger charge is 2.23. The molecule has 0 saturated heterocycles. The van der Waals surface area contributed by atoms with Gasteiger partial charge < -0.3 is 14.4 Å². The van der Waals surface area contributed by atoms with Crippen LogP contribution >= 0.6 is 11.8 Å². The van der Waals surface area contributed by atoms with Gasteiger partial charge in [0.05, 0.1) is 6.54 Å². The maximum atomic E-state index is 13.2. The average Bonchev–Trinajstić information content (AvgIpc) is 2.74. The lowest BCUT2D eigenvalue weighted by Crippen LogP contribution is -2.36. The number of hydrogen-bond donors (Lipinski definition) is 0. The fourth-order valence-corrected chi connectivity index (χ4v) is 4.29. The summed E-state index contributed by atoms with van der Waals surface area (Å²) in [6, 6.07) is 11.7. The van der Waals surface area contributed by atoms with E-state index in [9.17, 15) is 4.79 Å². The molecule has 0 unspecified atom stereocenters. The number of carbonyl (C=O) groups is 1. The van der Waals surface area contributed by atoms with Crippen LogP contribution < -0.4 is 14.4 Å². The number of ether oxygens (including phenoxy) is 2. The van der Waals surface area contributed by atoms with Crippen molar-refractivity contribution in [1.82, 2.24) is 0 Å². The molecule has 5 nitrogen and oxygen atoms in total. The fraction of sp³-hybridized carbons (Fsp3) is 0.364. The van der Waals surface area contributed by atoms with E-state index in [1.54, 1.807) is 17.8 Å². The van der Waals surface area contributed by atoms with Crippen molar-refractivity contribution < 1.29 is 14.3 Å². The van der Waals surface area contributed by atoms with Gasteiger partial charge in [-0.2, -0.15) is 0 Å². The number of benzene rings is 2. The molecule has 2 aromatic carbocycles. The predicted octanol–water partition coefficient (Wildman–Crippen LogP) is 4.26. The topological polar surface area (TPSA) is 51.1 Å². The Bertz CT molecular complexity index is 926. The van der Waals surface area contributed by atoms with Gasteiger partial charge in [-0.15, -0.1) is 0 Å². The third-order valence-corrected chi connectivity index (χ3v) is 5.93. The van der Waals surface area contributed by atoms with Crippen LogP contribution in [-0.4, -0.2) is 43.0 Å². The van der Waals surface area contributed by atoms with Gasteiger partial charge in [-0.3, -0.25) is 9.79 Å². The van der Waals surface area contributed by atoms with E-state index in [4.69, 9.17) is 14.5 Å². The first-order chi connectivity index (χ1) is 13.6. The standard InChI is InChI=1S/C22H24N2O3S/c1-15-4-5-16(2)18(12-15)24(22-23-8-3-11-28-22)14-19(25)17-6-7-20-21(13-17)27-10-9-26-20/h4-7,12-13H,3,8-11,14H2,1-2H3. The Morgan fingerprint density at radius 1 is 1.11 bits per heavy atom. The molecular weight excluding hydrogens is 372 g/mol. The number of rotatable bonds is 4. The van der Waals surface area contributed by atoms with Gasteiger partial charge in [0.25, 0.3) is 0 Å². The van der Waals surface area contributed by atoms with Crippen molar-refractivity contribution >= 4 is 28.4 Å². The second-order valence-corrected chi connectivity index (χ2v) is 8.09. The van der Waals surface area contributed by atoms with Crippen molar-refractivity contribution in [3.8, 4) is 11.5 Å². The first kappa shape index (κ1) is 18.9. The van der Waals surface area contributed by atoms with Crippen molar-refractivity contribution in [3.05, 3.63) is 53.1 Å². The molecule has 4 rings (SSSR count). The van der Waals surface area contributed by atoms with E-state index in [1.165, 1.54) is 5.56 Å².